The largest absolute Gasteiger partial charge is 0.458 e. The number of hydrogen-bond acceptors (Lipinski definition) is 2. The zero-order valence-electron chi connectivity index (χ0n) is 24.7. The highest BCUT2D eigenvalue weighted by Gasteiger charge is 2.50. The van der Waals surface area contributed by atoms with Gasteiger partial charge in [0.1, 0.15) is 6.10 Å². The summed E-state index contributed by atoms with van der Waals surface area (Å²) in [4.78, 5) is 13.1. The fourth-order valence-electron chi connectivity index (χ4n) is 7.25. The molecule has 3 aliphatic carbocycles. The van der Waals surface area contributed by atoms with E-state index in [9.17, 15) is 4.79 Å². The standard InChI is InChI=1S/C35H45I3O2/c1-21(2)22(3)9-10-24(5)30-15-16-31-25(8-7-17-35(30,31)6)12-13-26-18-28(14-11-23(26)4)40-34(39)29-19-27(36)20-32(37)33(29)38/h9-10,12-13,19-22,24,28,30-31H,4,7-8,11,14-18H2,1-3,5-6H3/b10-9+,25-12+,26-13-. The molecule has 0 N–H and O–H groups in total. The predicted molar refractivity (Wildman–Crippen MR) is 193 cm³/mol. The summed E-state index contributed by atoms with van der Waals surface area (Å²) in [6.45, 7) is 16.4. The molecule has 40 heavy (non-hydrogen) atoms. The van der Waals surface area contributed by atoms with Gasteiger partial charge in [0.15, 0.2) is 0 Å². The van der Waals surface area contributed by atoms with E-state index in [2.05, 4.69) is 139 Å². The highest BCUT2D eigenvalue weighted by atomic mass is 127. The van der Waals surface area contributed by atoms with E-state index in [1.807, 2.05) is 6.07 Å². The molecule has 0 saturated heterocycles. The summed E-state index contributed by atoms with van der Waals surface area (Å²) in [5.41, 5.74) is 5.14. The van der Waals surface area contributed by atoms with Crippen LogP contribution in [0, 0.1) is 45.7 Å². The van der Waals surface area contributed by atoms with E-state index in [1.54, 1.807) is 5.57 Å². The highest BCUT2D eigenvalue weighted by Crippen LogP contribution is 2.59. The van der Waals surface area contributed by atoms with Crippen molar-refractivity contribution in [2.24, 2.45) is 35.0 Å². The number of esters is 1. The summed E-state index contributed by atoms with van der Waals surface area (Å²) in [5.74, 6) is 3.18. The van der Waals surface area contributed by atoms with Gasteiger partial charge in [-0.05, 0) is 165 Å². The van der Waals surface area contributed by atoms with E-state index < -0.39 is 0 Å². The first kappa shape index (κ1) is 32.7. The Morgan fingerprint density at radius 2 is 1.80 bits per heavy atom. The summed E-state index contributed by atoms with van der Waals surface area (Å²) >= 11 is 6.82. The molecule has 0 bridgehead atoms. The molecule has 0 spiro atoms. The van der Waals surface area contributed by atoms with Crippen molar-refractivity contribution in [1.82, 2.24) is 0 Å². The Morgan fingerprint density at radius 3 is 2.52 bits per heavy atom. The van der Waals surface area contributed by atoms with Gasteiger partial charge in [0.2, 0.25) is 0 Å². The van der Waals surface area contributed by atoms with Crippen molar-refractivity contribution in [3.63, 3.8) is 0 Å². The number of benzene rings is 1. The summed E-state index contributed by atoms with van der Waals surface area (Å²) < 4.78 is 9.18. The van der Waals surface area contributed by atoms with E-state index in [1.165, 1.54) is 43.3 Å². The molecule has 0 radical (unpaired) electrons. The van der Waals surface area contributed by atoms with Gasteiger partial charge in [0.05, 0.1) is 5.56 Å². The number of fused-ring (bicyclic) bond motifs is 1. The van der Waals surface area contributed by atoms with Gasteiger partial charge in [-0.25, -0.2) is 4.79 Å². The Morgan fingerprint density at radius 1 is 1.05 bits per heavy atom. The molecule has 1 aromatic rings. The van der Waals surface area contributed by atoms with E-state index in [0.717, 1.165) is 35.9 Å². The van der Waals surface area contributed by atoms with Gasteiger partial charge in [-0.2, -0.15) is 0 Å². The molecule has 0 heterocycles. The van der Waals surface area contributed by atoms with Crippen LogP contribution in [-0.4, -0.2) is 12.1 Å². The van der Waals surface area contributed by atoms with Crippen molar-refractivity contribution >= 4 is 73.7 Å². The topological polar surface area (TPSA) is 26.3 Å². The van der Waals surface area contributed by atoms with Crippen LogP contribution < -0.4 is 0 Å². The molecule has 4 rings (SSSR count). The molecular formula is C35H45I3O2. The third kappa shape index (κ3) is 7.48. The number of allylic oxidation sites excluding steroid dienone is 6. The first-order valence-electron chi connectivity index (χ1n) is 15.0. The Hall–Kier alpha value is -0.160. The average Bonchev–Trinajstić information content (AvgIpc) is 3.26. The molecule has 1 aromatic carbocycles. The van der Waals surface area contributed by atoms with Crippen LogP contribution in [0.3, 0.4) is 0 Å². The molecule has 0 aliphatic heterocycles. The van der Waals surface area contributed by atoms with E-state index in [0.29, 0.717) is 34.7 Å². The van der Waals surface area contributed by atoms with Gasteiger partial charge in [0, 0.05) is 17.1 Å². The smallest absolute Gasteiger partial charge is 0.339 e. The minimum atomic E-state index is -0.206. The highest BCUT2D eigenvalue weighted by molar-refractivity contribution is 14.1. The lowest BCUT2D eigenvalue weighted by atomic mass is 9.61. The molecule has 0 amide bonds. The maximum absolute atomic E-state index is 13.1. The Labute approximate surface area is 283 Å². The predicted octanol–water partition coefficient (Wildman–Crippen LogP) is 11.3. The summed E-state index contributed by atoms with van der Waals surface area (Å²) in [6.07, 6.45) is 18.6. The molecule has 218 valence electrons. The van der Waals surface area contributed by atoms with E-state index in [4.69, 9.17) is 4.74 Å². The van der Waals surface area contributed by atoms with Crippen LogP contribution in [0.5, 0.6) is 0 Å². The number of hydrogen-bond donors (Lipinski definition) is 0. The molecule has 3 aliphatic rings. The lowest BCUT2D eigenvalue weighted by Gasteiger charge is -2.44. The van der Waals surface area contributed by atoms with Crippen LogP contribution in [0.2, 0.25) is 0 Å². The quantitative estimate of drug-likeness (QED) is 0.118. The molecule has 6 unspecified atom stereocenters. The van der Waals surface area contributed by atoms with Crippen LogP contribution in [0.4, 0.5) is 0 Å². The van der Waals surface area contributed by atoms with Gasteiger partial charge in [-0.3, -0.25) is 0 Å². The normalized spacial score (nSPS) is 30.7. The van der Waals surface area contributed by atoms with Crippen LogP contribution in [0.25, 0.3) is 0 Å². The van der Waals surface area contributed by atoms with Crippen LogP contribution in [-0.2, 0) is 4.74 Å². The number of carbonyl (C=O) groups is 1. The molecule has 2 nitrogen and oxygen atoms in total. The lowest BCUT2D eigenvalue weighted by molar-refractivity contribution is 0.0269. The lowest BCUT2D eigenvalue weighted by Crippen LogP contribution is -2.35. The van der Waals surface area contributed by atoms with Crippen LogP contribution in [0.15, 0.2) is 59.7 Å². The van der Waals surface area contributed by atoms with Crippen molar-refractivity contribution in [2.75, 3.05) is 0 Å². The minimum Gasteiger partial charge on any atom is -0.458 e. The first-order valence-corrected chi connectivity index (χ1v) is 18.3. The second-order valence-corrected chi connectivity index (χ2v) is 16.5. The van der Waals surface area contributed by atoms with Crippen molar-refractivity contribution in [1.29, 1.82) is 0 Å². The average molecular weight is 878 g/mol. The maximum Gasteiger partial charge on any atom is 0.339 e. The molecule has 3 saturated carbocycles. The Bertz CT molecular complexity index is 1210. The second kappa shape index (κ2) is 14.1. The molecule has 5 heteroatoms. The molecular weight excluding hydrogens is 833 g/mol. The van der Waals surface area contributed by atoms with Crippen LogP contribution >= 0.6 is 67.8 Å². The van der Waals surface area contributed by atoms with Gasteiger partial charge < -0.3 is 4.74 Å². The van der Waals surface area contributed by atoms with Gasteiger partial charge in [0.25, 0.3) is 0 Å². The summed E-state index contributed by atoms with van der Waals surface area (Å²) in [7, 11) is 0. The second-order valence-electron chi connectivity index (χ2n) is 13.0. The van der Waals surface area contributed by atoms with Gasteiger partial charge in [-0.15, -0.1) is 0 Å². The molecule has 3 fully saturated rings. The zero-order valence-corrected chi connectivity index (χ0v) is 31.2. The third-order valence-corrected chi connectivity index (χ3v) is 13.8. The fraction of sp³-hybridized carbons (Fsp3) is 0.571. The van der Waals surface area contributed by atoms with Crippen LogP contribution in [0.1, 0.15) is 96.3 Å². The summed E-state index contributed by atoms with van der Waals surface area (Å²) in [5, 5.41) is 0. The van der Waals surface area contributed by atoms with Crippen molar-refractivity contribution in [3.05, 3.63) is 76.0 Å². The van der Waals surface area contributed by atoms with Crippen molar-refractivity contribution in [2.45, 2.75) is 92.1 Å². The minimum absolute atomic E-state index is 0.0951. The van der Waals surface area contributed by atoms with Crippen molar-refractivity contribution in [3.8, 4) is 0 Å². The fourth-order valence-corrected chi connectivity index (χ4v) is 9.63. The van der Waals surface area contributed by atoms with Crippen molar-refractivity contribution < 1.29 is 9.53 Å². The zero-order chi connectivity index (χ0) is 29.2. The monoisotopic (exact) mass is 878 g/mol. The van der Waals surface area contributed by atoms with Gasteiger partial charge in [-0.1, -0.05) is 76.6 Å². The SMILES string of the molecule is C=C1CCC(OC(=O)c2cc(I)cc(I)c2I)C/C1=C/C=C1\CCCC2(C)C1CCC2C(C)/C=C/C(C)C(C)C. The number of halogens is 3. The molecule has 0 aromatic heterocycles. The number of carbonyl (C=O) groups excluding carboxylic acids is 1. The summed E-state index contributed by atoms with van der Waals surface area (Å²) in [6, 6.07) is 4.03. The Balaban J connectivity index is 1.46. The Kier molecular flexibility index (Phi) is 11.5. The maximum atomic E-state index is 13.1. The molecule has 6 atom stereocenters. The van der Waals surface area contributed by atoms with Gasteiger partial charge >= 0.3 is 5.97 Å². The van der Waals surface area contributed by atoms with E-state index in [-0.39, 0.29) is 12.1 Å². The first-order chi connectivity index (χ1) is 18.9. The third-order valence-electron chi connectivity index (χ3n) is 10.1. The van der Waals surface area contributed by atoms with E-state index >= 15 is 0 Å². The number of ether oxygens (including phenoxy) is 1. The number of rotatable bonds is 7.